The van der Waals surface area contributed by atoms with Gasteiger partial charge in [-0.2, -0.15) is 5.10 Å². The average molecular weight is 303 g/mol. The number of nitrogens with two attached hydrogens (primary N) is 1. The molecular formula is C15H17N3O4. The molecule has 7 nitrogen and oxygen atoms in total. The van der Waals surface area contributed by atoms with Crippen molar-refractivity contribution in [3.63, 3.8) is 0 Å². The van der Waals surface area contributed by atoms with Crippen molar-refractivity contribution in [2.45, 2.75) is 13.8 Å². The fourth-order valence-corrected chi connectivity index (χ4v) is 2.03. The van der Waals surface area contributed by atoms with Crippen LogP contribution in [0.1, 0.15) is 33.3 Å². The summed E-state index contributed by atoms with van der Waals surface area (Å²) in [6, 6.07) is 6.71. The molecule has 0 aliphatic carbocycles. The Labute approximate surface area is 127 Å². The summed E-state index contributed by atoms with van der Waals surface area (Å²) in [7, 11) is 1.29. The Morgan fingerprint density at radius 2 is 1.95 bits per heavy atom. The second-order valence-corrected chi connectivity index (χ2v) is 4.50. The third-order valence-electron chi connectivity index (χ3n) is 3.17. The number of aromatic nitrogens is 2. The maximum atomic E-state index is 11.9. The highest BCUT2D eigenvalue weighted by atomic mass is 16.5. The number of carbonyl (C=O) groups excluding carboxylic acids is 2. The van der Waals surface area contributed by atoms with Crippen LogP contribution < -0.4 is 5.73 Å². The molecule has 7 heteroatoms. The van der Waals surface area contributed by atoms with Crippen molar-refractivity contribution < 1.29 is 19.1 Å². The van der Waals surface area contributed by atoms with Crippen molar-refractivity contribution in [2.75, 3.05) is 19.5 Å². The molecule has 0 saturated heterocycles. The third-order valence-corrected chi connectivity index (χ3v) is 3.17. The van der Waals surface area contributed by atoms with Crippen LogP contribution in [0.5, 0.6) is 0 Å². The zero-order valence-electron chi connectivity index (χ0n) is 12.6. The SMILES string of the molecule is CCOC(=O)c1nn(-c2ccccc2C(=O)OC)c(N)c1C. The molecule has 0 aliphatic heterocycles. The normalized spacial score (nSPS) is 10.3. The van der Waals surface area contributed by atoms with E-state index in [9.17, 15) is 9.59 Å². The molecule has 22 heavy (non-hydrogen) atoms. The van der Waals surface area contributed by atoms with Gasteiger partial charge in [-0.15, -0.1) is 0 Å². The van der Waals surface area contributed by atoms with Gasteiger partial charge in [0.15, 0.2) is 5.69 Å². The first-order valence-corrected chi connectivity index (χ1v) is 6.71. The van der Waals surface area contributed by atoms with Crippen molar-refractivity contribution in [1.82, 2.24) is 9.78 Å². The molecule has 0 saturated carbocycles. The summed E-state index contributed by atoms with van der Waals surface area (Å²) in [6.07, 6.45) is 0. The van der Waals surface area contributed by atoms with E-state index in [1.807, 2.05) is 0 Å². The predicted octanol–water partition coefficient (Wildman–Crippen LogP) is 1.73. The third kappa shape index (κ3) is 2.65. The number of nitrogen functional groups attached to an aromatic ring is 1. The molecule has 2 N–H and O–H groups in total. The monoisotopic (exact) mass is 303 g/mol. The molecule has 1 heterocycles. The number of esters is 2. The van der Waals surface area contributed by atoms with Crippen LogP contribution in [0, 0.1) is 6.92 Å². The van der Waals surface area contributed by atoms with Gasteiger partial charge in [-0.05, 0) is 26.0 Å². The molecule has 1 aromatic heterocycles. The van der Waals surface area contributed by atoms with E-state index in [4.69, 9.17) is 15.2 Å². The average Bonchev–Trinajstić information content (AvgIpc) is 2.83. The van der Waals surface area contributed by atoms with Crippen molar-refractivity contribution in [3.05, 3.63) is 41.1 Å². The topological polar surface area (TPSA) is 96.4 Å². The summed E-state index contributed by atoms with van der Waals surface area (Å²) < 4.78 is 11.0. The van der Waals surface area contributed by atoms with Gasteiger partial charge in [0, 0.05) is 5.56 Å². The molecule has 0 aliphatic rings. The summed E-state index contributed by atoms with van der Waals surface area (Å²) in [5.74, 6) is -0.804. The number of rotatable bonds is 4. The quantitative estimate of drug-likeness (QED) is 0.864. The van der Waals surface area contributed by atoms with Gasteiger partial charge in [0.05, 0.1) is 25.0 Å². The first-order chi connectivity index (χ1) is 10.5. The highest BCUT2D eigenvalue weighted by Crippen LogP contribution is 2.23. The van der Waals surface area contributed by atoms with E-state index in [1.165, 1.54) is 11.8 Å². The number of hydrogen-bond acceptors (Lipinski definition) is 6. The van der Waals surface area contributed by atoms with Gasteiger partial charge in [-0.3, -0.25) is 0 Å². The van der Waals surface area contributed by atoms with Crippen LogP contribution in [0.4, 0.5) is 5.82 Å². The zero-order chi connectivity index (χ0) is 16.3. The molecule has 1 aromatic carbocycles. The molecule has 0 fully saturated rings. The minimum Gasteiger partial charge on any atom is -0.465 e. The second kappa shape index (κ2) is 6.30. The van der Waals surface area contributed by atoms with Crippen molar-refractivity contribution >= 4 is 17.8 Å². The van der Waals surface area contributed by atoms with E-state index in [1.54, 1.807) is 38.1 Å². The van der Waals surface area contributed by atoms with Gasteiger partial charge < -0.3 is 15.2 Å². The minimum absolute atomic E-state index is 0.124. The Bertz CT molecular complexity index is 722. The lowest BCUT2D eigenvalue weighted by atomic mass is 10.2. The van der Waals surface area contributed by atoms with Crippen LogP contribution in [-0.2, 0) is 9.47 Å². The Hall–Kier alpha value is -2.83. The highest BCUT2D eigenvalue weighted by molar-refractivity contribution is 5.94. The number of carbonyl (C=O) groups is 2. The Kier molecular flexibility index (Phi) is 4.45. The fourth-order valence-electron chi connectivity index (χ4n) is 2.03. The zero-order valence-corrected chi connectivity index (χ0v) is 12.6. The van der Waals surface area contributed by atoms with Crippen LogP contribution in [0.3, 0.4) is 0 Å². The Morgan fingerprint density at radius 1 is 1.27 bits per heavy atom. The molecule has 2 aromatic rings. The van der Waals surface area contributed by atoms with Gasteiger partial charge in [-0.25, -0.2) is 14.3 Å². The van der Waals surface area contributed by atoms with Crippen LogP contribution in [-0.4, -0.2) is 35.4 Å². The van der Waals surface area contributed by atoms with Crippen molar-refractivity contribution in [1.29, 1.82) is 0 Å². The summed E-state index contributed by atoms with van der Waals surface area (Å²) >= 11 is 0. The Morgan fingerprint density at radius 3 is 2.59 bits per heavy atom. The second-order valence-electron chi connectivity index (χ2n) is 4.50. The van der Waals surface area contributed by atoms with Gasteiger partial charge in [-0.1, -0.05) is 12.1 Å². The maximum absolute atomic E-state index is 11.9. The van der Waals surface area contributed by atoms with E-state index in [2.05, 4.69) is 5.10 Å². The van der Waals surface area contributed by atoms with Gasteiger partial charge in [0.2, 0.25) is 0 Å². The molecular weight excluding hydrogens is 286 g/mol. The van der Waals surface area contributed by atoms with E-state index >= 15 is 0 Å². The maximum Gasteiger partial charge on any atom is 0.359 e. The summed E-state index contributed by atoms with van der Waals surface area (Å²) in [6.45, 7) is 3.62. The summed E-state index contributed by atoms with van der Waals surface area (Å²) in [5.41, 5.74) is 7.38. The lowest BCUT2D eigenvalue weighted by Crippen LogP contribution is -2.11. The van der Waals surface area contributed by atoms with Crippen LogP contribution in [0.15, 0.2) is 24.3 Å². The van der Waals surface area contributed by atoms with Gasteiger partial charge >= 0.3 is 11.9 Å². The minimum atomic E-state index is -0.555. The number of nitrogens with zero attached hydrogens (tertiary/aromatic N) is 2. The number of hydrogen-bond donors (Lipinski definition) is 1. The molecule has 0 bridgehead atoms. The number of benzene rings is 1. The highest BCUT2D eigenvalue weighted by Gasteiger charge is 2.22. The Balaban J connectivity index is 2.58. The van der Waals surface area contributed by atoms with Crippen molar-refractivity contribution in [2.24, 2.45) is 0 Å². The summed E-state index contributed by atoms with van der Waals surface area (Å²) in [4.78, 5) is 23.7. The molecule has 116 valence electrons. The molecule has 0 atom stereocenters. The lowest BCUT2D eigenvalue weighted by Gasteiger charge is -2.09. The van der Waals surface area contributed by atoms with Crippen LogP contribution >= 0.6 is 0 Å². The number of anilines is 1. The van der Waals surface area contributed by atoms with Crippen molar-refractivity contribution in [3.8, 4) is 5.69 Å². The fraction of sp³-hybridized carbons (Fsp3) is 0.267. The molecule has 0 unspecified atom stereocenters. The van der Waals surface area contributed by atoms with E-state index in [0.29, 0.717) is 16.8 Å². The standard InChI is InChI=1S/C15H17N3O4/c1-4-22-15(20)12-9(2)13(16)18(17-12)11-8-6-5-7-10(11)14(19)21-3/h5-8H,4,16H2,1-3H3. The van der Waals surface area contributed by atoms with Crippen LogP contribution in [0.25, 0.3) is 5.69 Å². The summed E-state index contributed by atoms with van der Waals surface area (Å²) in [5, 5.41) is 4.18. The van der Waals surface area contributed by atoms with E-state index in [-0.39, 0.29) is 18.1 Å². The van der Waals surface area contributed by atoms with Gasteiger partial charge in [0.1, 0.15) is 5.82 Å². The molecule has 0 amide bonds. The van der Waals surface area contributed by atoms with E-state index < -0.39 is 11.9 Å². The largest absolute Gasteiger partial charge is 0.465 e. The van der Waals surface area contributed by atoms with Crippen LogP contribution in [0.2, 0.25) is 0 Å². The smallest absolute Gasteiger partial charge is 0.359 e. The number of para-hydroxylation sites is 1. The number of methoxy groups -OCH3 is 1. The lowest BCUT2D eigenvalue weighted by molar-refractivity contribution is 0.0517. The first-order valence-electron chi connectivity index (χ1n) is 6.71. The molecule has 0 spiro atoms. The first kappa shape index (κ1) is 15.6. The van der Waals surface area contributed by atoms with E-state index in [0.717, 1.165) is 0 Å². The predicted molar refractivity (Wildman–Crippen MR) is 80.0 cm³/mol. The molecule has 0 radical (unpaired) electrons. The number of ether oxygens (including phenoxy) is 2. The van der Waals surface area contributed by atoms with Gasteiger partial charge in [0.25, 0.3) is 0 Å². The molecule has 2 rings (SSSR count).